The average molecular weight is 227 g/mol. The third-order valence-electron chi connectivity index (χ3n) is 2.99. The summed E-state index contributed by atoms with van der Waals surface area (Å²) in [6, 6.07) is 18.3. The van der Waals surface area contributed by atoms with Crippen LogP contribution in [0.2, 0.25) is 0 Å². The number of nitrogens with two attached hydrogens (primary N) is 1. The second-order valence-electron chi connectivity index (χ2n) is 4.07. The molecule has 0 aliphatic heterocycles. The van der Waals surface area contributed by atoms with Crippen LogP contribution < -0.4 is 5.73 Å². The second-order valence-corrected chi connectivity index (χ2v) is 4.07. The van der Waals surface area contributed by atoms with Gasteiger partial charge in [-0.15, -0.1) is 0 Å². The van der Waals surface area contributed by atoms with E-state index in [1.54, 1.807) is 0 Å². The summed E-state index contributed by atoms with van der Waals surface area (Å²) in [5.74, 6) is 0.00593. The molecular weight excluding hydrogens is 210 g/mol. The number of aliphatic hydroxyl groups is 1. The van der Waals surface area contributed by atoms with Crippen LogP contribution in [0.4, 0.5) is 0 Å². The van der Waals surface area contributed by atoms with E-state index in [1.165, 1.54) is 0 Å². The van der Waals surface area contributed by atoms with Crippen LogP contribution >= 0.6 is 0 Å². The molecule has 0 saturated heterocycles. The molecule has 0 heterocycles. The van der Waals surface area contributed by atoms with Crippen LogP contribution in [-0.2, 0) is 0 Å². The van der Waals surface area contributed by atoms with E-state index in [0.29, 0.717) is 6.54 Å². The highest BCUT2D eigenvalue weighted by molar-refractivity contribution is 5.68. The monoisotopic (exact) mass is 227 g/mol. The lowest BCUT2D eigenvalue weighted by atomic mass is 9.91. The van der Waals surface area contributed by atoms with Crippen LogP contribution in [0.15, 0.2) is 54.6 Å². The van der Waals surface area contributed by atoms with E-state index in [-0.39, 0.29) is 12.5 Å². The van der Waals surface area contributed by atoms with Crippen molar-refractivity contribution in [3.63, 3.8) is 0 Å². The minimum atomic E-state index is 0.00593. The summed E-state index contributed by atoms with van der Waals surface area (Å²) in [6.07, 6.45) is 0. The molecule has 3 N–H and O–H groups in total. The van der Waals surface area contributed by atoms with Crippen molar-refractivity contribution in [3.8, 4) is 11.1 Å². The molecule has 2 aromatic rings. The number of hydrogen-bond donors (Lipinski definition) is 2. The van der Waals surface area contributed by atoms with Gasteiger partial charge in [-0.25, -0.2) is 0 Å². The Morgan fingerprint density at radius 3 is 2.24 bits per heavy atom. The molecule has 0 aliphatic carbocycles. The smallest absolute Gasteiger partial charge is 0.0512 e. The van der Waals surface area contributed by atoms with Crippen molar-refractivity contribution >= 4 is 0 Å². The zero-order valence-electron chi connectivity index (χ0n) is 9.71. The van der Waals surface area contributed by atoms with E-state index >= 15 is 0 Å². The quantitative estimate of drug-likeness (QED) is 0.842. The lowest BCUT2D eigenvalue weighted by Crippen LogP contribution is -2.16. The fourth-order valence-electron chi connectivity index (χ4n) is 2.03. The van der Waals surface area contributed by atoms with Gasteiger partial charge in [0.2, 0.25) is 0 Å². The number of aliphatic hydroxyl groups excluding tert-OH is 1. The molecule has 2 nitrogen and oxygen atoms in total. The van der Waals surface area contributed by atoms with Crippen molar-refractivity contribution in [3.05, 3.63) is 60.2 Å². The predicted octanol–water partition coefficient (Wildman–Crippen LogP) is 2.39. The third kappa shape index (κ3) is 2.54. The van der Waals surface area contributed by atoms with Crippen molar-refractivity contribution in [1.29, 1.82) is 0 Å². The van der Waals surface area contributed by atoms with E-state index in [0.717, 1.165) is 16.7 Å². The molecule has 88 valence electrons. The van der Waals surface area contributed by atoms with Gasteiger partial charge in [-0.05, 0) is 16.7 Å². The molecular formula is C15H17NO. The first-order valence-corrected chi connectivity index (χ1v) is 5.82. The lowest BCUT2D eigenvalue weighted by molar-refractivity contribution is 0.268. The first-order chi connectivity index (χ1) is 8.36. The minimum Gasteiger partial charge on any atom is -0.396 e. The molecule has 0 saturated carbocycles. The van der Waals surface area contributed by atoms with Crippen LogP contribution in [0.5, 0.6) is 0 Å². The summed E-state index contributed by atoms with van der Waals surface area (Å²) in [5, 5.41) is 9.37. The summed E-state index contributed by atoms with van der Waals surface area (Å²) in [4.78, 5) is 0. The highest BCUT2D eigenvalue weighted by atomic mass is 16.3. The predicted molar refractivity (Wildman–Crippen MR) is 70.8 cm³/mol. The number of hydrogen-bond acceptors (Lipinski definition) is 2. The average Bonchev–Trinajstić information content (AvgIpc) is 2.42. The van der Waals surface area contributed by atoms with Gasteiger partial charge in [-0.1, -0.05) is 54.6 Å². The lowest BCUT2D eigenvalue weighted by Gasteiger charge is -2.16. The highest BCUT2D eigenvalue weighted by Gasteiger charge is 2.13. The van der Waals surface area contributed by atoms with E-state index < -0.39 is 0 Å². The summed E-state index contributed by atoms with van der Waals surface area (Å²) >= 11 is 0. The largest absolute Gasteiger partial charge is 0.396 e. The molecule has 0 bridgehead atoms. The summed E-state index contributed by atoms with van der Waals surface area (Å²) < 4.78 is 0. The maximum atomic E-state index is 9.37. The van der Waals surface area contributed by atoms with Crippen LogP contribution in [0.3, 0.4) is 0 Å². The van der Waals surface area contributed by atoms with Crippen LogP contribution in [0, 0.1) is 0 Å². The van der Waals surface area contributed by atoms with E-state index in [1.807, 2.05) is 36.4 Å². The third-order valence-corrected chi connectivity index (χ3v) is 2.99. The maximum absolute atomic E-state index is 9.37. The van der Waals surface area contributed by atoms with Crippen LogP contribution in [0.1, 0.15) is 11.5 Å². The molecule has 0 aromatic heterocycles. The molecule has 1 unspecified atom stereocenters. The van der Waals surface area contributed by atoms with Gasteiger partial charge >= 0.3 is 0 Å². The van der Waals surface area contributed by atoms with Crippen molar-refractivity contribution < 1.29 is 5.11 Å². The number of benzene rings is 2. The Balaban J connectivity index is 2.48. The Morgan fingerprint density at radius 1 is 0.941 bits per heavy atom. The zero-order valence-corrected chi connectivity index (χ0v) is 9.71. The van der Waals surface area contributed by atoms with Gasteiger partial charge in [0, 0.05) is 12.5 Å². The zero-order chi connectivity index (χ0) is 12.1. The second kappa shape index (κ2) is 5.62. The minimum absolute atomic E-state index is 0.00593. The van der Waals surface area contributed by atoms with E-state index in [9.17, 15) is 5.11 Å². The standard InChI is InChI=1S/C15H17NO/c16-10-13(11-17)15-9-5-4-8-14(15)12-6-2-1-3-7-12/h1-9,13,17H,10-11,16H2. The molecule has 2 heteroatoms. The summed E-state index contributed by atoms with van der Waals surface area (Å²) in [7, 11) is 0. The molecule has 0 aliphatic rings. The molecule has 2 aromatic carbocycles. The van der Waals surface area contributed by atoms with Crippen molar-refractivity contribution in [2.75, 3.05) is 13.2 Å². The molecule has 2 rings (SSSR count). The van der Waals surface area contributed by atoms with Crippen molar-refractivity contribution in [1.82, 2.24) is 0 Å². The number of rotatable bonds is 4. The van der Waals surface area contributed by atoms with Gasteiger partial charge in [0.15, 0.2) is 0 Å². The van der Waals surface area contributed by atoms with E-state index in [2.05, 4.69) is 18.2 Å². The SMILES string of the molecule is NCC(CO)c1ccccc1-c1ccccc1. The summed E-state index contributed by atoms with van der Waals surface area (Å²) in [5.41, 5.74) is 9.13. The topological polar surface area (TPSA) is 46.2 Å². The Morgan fingerprint density at radius 2 is 1.59 bits per heavy atom. The van der Waals surface area contributed by atoms with Gasteiger partial charge in [-0.3, -0.25) is 0 Å². The van der Waals surface area contributed by atoms with Gasteiger partial charge in [0.25, 0.3) is 0 Å². The van der Waals surface area contributed by atoms with Crippen LogP contribution in [-0.4, -0.2) is 18.3 Å². The first kappa shape index (κ1) is 11.8. The normalized spacial score (nSPS) is 12.4. The van der Waals surface area contributed by atoms with E-state index in [4.69, 9.17) is 5.73 Å². The van der Waals surface area contributed by atoms with Gasteiger partial charge in [-0.2, -0.15) is 0 Å². The van der Waals surface area contributed by atoms with Crippen LogP contribution in [0.25, 0.3) is 11.1 Å². The Kier molecular flexibility index (Phi) is 3.91. The fraction of sp³-hybridized carbons (Fsp3) is 0.200. The molecule has 0 amide bonds. The molecule has 0 fully saturated rings. The Labute approximate surface area is 102 Å². The molecule has 17 heavy (non-hydrogen) atoms. The first-order valence-electron chi connectivity index (χ1n) is 5.82. The molecule has 0 radical (unpaired) electrons. The summed E-state index contributed by atoms with van der Waals surface area (Å²) in [6.45, 7) is 0.542. The fourth-order valence-corrected chi connectivity index (χ4v) is 2.03. The van der Waals surface area contributed by atoms with Crippen molar-refractivity contribution in [2.45, 2.75) is 5.92 Å². The van der Waals surface area contributed by atoms with Gasteiger partial charge in [0.1, 0.15) is 0 Å². The Hall–Kier alpha value is -1.64. The van der Waals surface area contributed by atoms with Gasteiger partial charge in [0.05, 0.1) is 6.61 Å². The highest BCUT2D eigenvalue weighted by Crippen LogP contribution is 2.28. The van der Waals surface area contributed by atoms with Crippen molar-refractivity contribution in [2.24, 2.45) is 5.73 Å². The maximum Gasteiger partial charge on any atom is 0.0512 e. The Bertz CT molecular complexity index is 463. The molecule has 0 spiro atoms. The molecule has 1 atom stereocenters. The van der Waals surface area contributed by atoms with Gasteiger partial charge < -0.3 is 10.8 Å².